The zero-order valence-corrected chi connectivity index (χ0v) is 6.79. The van der Waals surface area contributed by atoms with Crippen LogP contribution < -0.4 is 5.73 Å². The van der Waals surface area contributed by atoms with E-state index in [0.717, 1.165) is 11.7 Å². The number of hydrogen-bond donors (Lipinski definition) is 1. The Morgan fingerprint density at radius 1 is 1.67 bits per heavy atom. The smallest absolute Gasteiger partial charge is 0.0127 e. The molecule has 1 saturated carbocycles. The molecular formula is C7H15NS. The molecule has 0 spiro atoms. The third-order valence-electron chi connectivity index (χ3n) is 1.59. The van der Waals surface area contributed by atoms with E-state index in [4.69, 9.17) is 5.73 Å². The average Bonchev–Trinajstić information content (AvgIpc) is 2.65. The van der Waals surface area contributed by atoms with Crippen molar-refractivity contribution in [1.29, 1.82) is 0 Å². The second-order valence-corrected chi connectivity index (χ2v) is 4.03. The molecule has 54 valence electrons. The highest BCUT2D eigenvalue weighted by molar-refractivity contribution is 8.00. The maximum absolute atomic E-state index is 5.73. The van der Waals surface area contributed by atoms with Crippen molar-refractivity contribution >= 4 is 11.8 Å². The molecular weight excluding hydrogens is 130 g/mol. The summed E-state index contributed by atoms with van der Waals surface area (Å²) in [5.41, 5.74) is 5.73. The summed E-state index contributed by atoms with van der Waals surface area (Å²) >= 11 is 2.05. The zero-order valence-electron chi connectivity index (χ0n) is 5.97. The van der Waals surface area contributed by atoms with Crippen LogP contribution in [0.1, 0.15) is 26.2 Å². The van der Waals surface area contributed by atoms with Gasteiger partial charge >= 0.3 is 0 Å². The molecule has 0 radical (unpaired) electrons. The first-order valence-electron chi connectivity index (χ1n) is 3.70. The largest absolute Gasteiger partial charge is 0.327 e. The number of nitrogens with two attached hydrogens (primary N) is 1. The molecule has 0 aliphatic heterocycles. The lowest BCUT2D eigenvalue weighted by Gasteiger charge is -2.05. The Bertz CT molecular complexity index is 81.0. The van der Waals surface area contributed by atoms with Crippen LogP contribution in [0.4, 0.5) is 0 Å². The average molecular weight is 145 g/mol. The van der Waals surface area contributed by atoms with Gasteiger partial charge in [0.15, 0.2) is 0 Å². The van der Waals surface area contributed by atoms with Gasteiger partial charge in [-0.1, -0.05) is 6.92 Å². The standard InChI is InChI=1S/C7H15NS/c1-2-6(8)5-9-7-3-4-7/h6-7H,2-5,8H2,1H3. The molecule has 1 aliphatic rings. The van der Waals surface area contributed by atoms with Gasteiger partial charge in [0.25, 0.3) is 0 Å². The second kappa shape index (κ2) is 3.47. The van der Waals surface area contributed by atoms with Crippen molar-refractivity contribution in [2.24, 2.45) is 5.73 Å². The van der Waals surface area contributed by atoms with E-state index in [1.807, 2.05) is 0 Å². The summed E-state index contributed by atoms with van der Waals surface area (Å²) in [7, 11) is 0. The van der Waals surface area contributed by atoms with Crippen LogP contribution in [0.5, 0.6) is 0 Å². The number of thioether (sulfide) groups is 1. The topological polar surface area (TPSA) is 26.0 Å². The first kappa shape index (κ1) is 7.42. The van der Waals surface area contributed by atoms with E-state index in [9.17, 15) is 0 Å². The summed E-state index contributed by atoms with van der Waals surface area (Å²) < 4.78 is 0. The minimum atomic E-state index is 0.440. The Balaban J connectivity index is 1.90. The van der Waals surface area contributed by atoms with Crippen molar-refractivity contribution in [1.82, 2.24) is 0 Å². The maximum atomic E-state index is 5.73. The van der Waals surface area contributed by atoms with Gasteiger partial charge in [-0.15, -0.1) is 0 Å². The molecule has 1 aliphatic carbocycles. The zero-order chi connectivity index (χ0) is 6.69. The van der Waals surface area contributed by atoms with Gasteiger partial charge in [-0.05, 0) is 19.3 Å². The van der Waals surface area contributed by atoms with Gasteiger partial charge in [-0.3, -0.25) is 0 Å². The first-order chi connectivity index (χ1) is 4.33. The minimum absolute atomic E-state index is 0.440. The summed E-state index contributed by atoms with van der Waals surface area (Å²) in [5, 5.41) is 0.975. The van der Waals surface area contributed by atoms with E-state index < -0.39 is 0 Å². The van der Waals surface area contributed by atoms with Gasteiger partial charge in [-0.2, -0.15) is 11.8 Å². The van der Waals surface area contributed by atoms with Crippen LogP contribution in [0, 0.1) is 0 Å². The molecule has 1 unspecified atom stereocenters. The summed E-state index contributed by atoms with van der Waals surface area (Å²) in [6, 6.07) is 0.440. The van der Waals surface area contributed by atoms with Crippen LogP contribution in [0.15, 0.2) is 0 Å². The van der Waals surface area contributed by atoms with Crippen LogP contribution in [0.25, 0.3) is 0 Å². The molecule has 0 amide bonds. The summed E-state index contributed by atoms with van der Waals surface area (Å²) in [6.07, 6.45) is 3.99. The van der Waals surface area contributed by atoms with E-state index in [-0.39, 0.29) is 0 Å². The molecule has 1 rings (SSSR count). The molecule has 0 aromatic heterocycles. The quantitative estimate of drug-likeness (QED) is 0.650. The maximum Gasteiger partial charge on any atom is 0.0127 e. The normalized spacial score (nSPS) is 22.0. The lowest BCUT2D eigenvalue weighted by Crippen LogP contribution is -2.21. The second-order valence-electron chi connectivity index (χ2n) is 2.70. The Hall–Kier alpha value is 0.310. The van der Waals surface area contributed by atoms with E-state index in [1.165, 1.54) is 18.6 Å². The fraction of sp³-hybridized carbons (Fsp3) is 1.00. The van der Waals surface area contributed by atoms with Gasteiger partial charge in [0.1, 0.15) is 0 Å². The predicted molar refractivity (Wildman–Crippen MR) is 43.7 cm³/mol. The van der Waals surface area contributed by atoms with E-state index >= 15 is 0 Å². The minimum Gasteiger partial charge on any atom is -0.327 e. The third kappa shape index (κ3) is 3.11. The first-order valence-corrected chi connectivity index (χ1v) is 4.75. The molecule has 0 heterocycles. The predicted octanol–water partition coefficient (Wildman–Crippen LogP) is 1.62. The van der Waals surface area contributed by atoms with Crippen LogP contribution in [-0.2, 0) is 0 Å². The highest BCUT2D eigenvalue weighted by atomic mass is 32.2. The van der Waals surface area contributed by atoms with Crippen molar-refractivity contribution in [2.75, 3.05) is 5.75 Å². The van der Waals surface area contributed by atoms with Gasteiger partial charge in [0.05, 0.1) is 0 Å². The highest BCUT2D eigenvalue weighted by Crippen LogP contribution is 2.34. The SMILES string of the molecule is CCC(N)CSC1CC1. The van der Waals surface area contributed by atoms with Gasteiger partial charge in [0, 0.05) is 17.0 Å². The molecule has 9 heavy (non-hydrogen) atoms. The van der Waals surface area contributed by atoms with E-state index in [2.05, 4.69) is 18.7 Å². The highest BCUT2D eigenvalue weighted by Gasteiger charge is 2.21. The van der Waals surface area contributed by atoms with Crippen LogP contribution in [-0.4, -0.2) is 17.0 Å². The molecule has 0 aromatic rings. The lowest BCUT2D eigenvalue weighted by atomic mass is 10.3. The van der Waals surface area contributed by atoms with Crippen molar-refractivity contribution in [3.8, 4) is 0 Å². The third-order valence-corrected chi connectivity index (χ3v) is 3.16. The number of hydrogen-bond acceptors (Lipinski definition) is 2. The van der Waals surface area contributed by atoms with Gasteiger partial charge in [0.2, 0.25) is 0 Å². The Morgan fingerprint density at radius 2 is 2.33 bits per heavy atom. The monoisotopic (exact) mass is 145 g/mol. The van der Waals surface area contributed by atoms with Crippen molar-refractivity contribution in [3.05, 3.63) is 0 Å². The van der Waals surface area contributed by atoms with Crippen molar-refractivity contribution in [2.45, 2.75) is 37.5 Å². The van der Waals surface area contributed by atoms with Crippen molar-refractivity contribution < 1.29 is 0 Å². The van der Waals surface area contributed by atoms with E-state index in [1.54, 1.807) is 0 Å². The molecule has 0 saturated heterocycles. The number of rotatable bonds is 4. The Labute approximate surface area is 61.4 Å². The fourth-order valence-electron chi connectivity index (χ4n) is 0.612. The summed E-state index contributed by atoms with van der Waals surface area (Å²) in [5.74, 6) is 1.17. The molecule has 2 N–H and O–H groups in total. The van der Waals surface area contributed by atoms with Crippen LogP contribution >= 0.6 is 11.8 Å². The summed E-state index contributed by atoms with van der Waals surface area (Å²) in [6.45, 7) is 2.15. The molecule has 0 aromatic carbocycles. The molecule has 2 heteroatoms. The fourth-order valence-corrected chi connectivity index (χ4v) is 1.84. The van der Waals surface area contributed by atoms with E-state index in [0.29, 0.717) is 6.04 Å². The Morgan fingerprint density at radius 3 is 2.78 bits per heavy atom. The molecule has 1 fully saturated rings. The van der Waals surface area contributed by atoms with Gasteiger partial charge in [-0.25, -0.2) is 0 Å². The van der Waals surface area contributed by atoms with Crippen LogP contribution in [0.2, 0.25) is 0 Å². The Kier molecular flexibility index (Phi) is 2.86. The lowest BCUT2D eigenvalue weighted by molar-refractivity contribution is 0.724. The van der Waals surface area contributed by atoms with Crippen molar-refractivity contribution in [3.63, 3.8) is 0 Å². The molecule has 1 atom stereocenters. The molecule has 1 nitrogen and oxygen atoms in total. The van der Waals surface area contributed by atoms with Gasteiger partial charge < -0.3 is 5.73 Å². The van der Waals surface area contributed by atoms with Crippen LogP contribution in [0.3, 0.4) is 0 Å². The summed E-state index contributed by atoms with van der Waals surface area (Å²) in [4.78, 5) is 0. The molecule has 0 bridgehead atoms.